The molecule has 1 unspecified atom stereocenters. The highest BCUT2D eigenvalue weighted by Gasteiger charge is 2.39. The van der Waals surface area contributed by atoms with Gasteiger partial charge >= 0.3 is 5.97 Å². The number of amides is 1. The van der Waals surface area contributed by atoms with Gasteiger partial charge in [0.1, 0.15) is 6.04 Å². The van der Waals surface area contributed by atoms with Crippen LogP contribution < -0.4 is 5.32 Å². The van der Waals surface area contributed by atoms with E-state index in [0.717, 1.165) is 0 Å². The summed E-state index contributed by atoms with van der Waals surface area (Å²) in [7, 11) is -3.38. The van der Waals surface area contributed by atoms with Crippen molar-refractivity contribution < 1.29 is 23.1 Å². The molecule has 2 N–H and O–H groups in total. The van der Waals surface area contributed by atoms with Crippen molar-refractivity contribution in [2.24, 2.45) is 5.92 Å². The highest BCUT2D eigenvalue weighted by atomic mass is 32.2. The van der Waals surface area contributed by atoms with Crippen LogP contribution in [0.1, 0.15) is 45.4 Å². The Kier molecular flexibility index (Phi) is 5.44. The smallest absolute Gasteiger partial charge is 0.306 e. The Morgan fingerprint density at radius 2 is 2.00 bits per heavy atom. The van der Waals surface area contributed by atoms with Crippen LogP contribution in [0.2, 0.25) is 0 Å². The van der Waals surface area contributed by atoms with E-state index in [4.69, 9.17) is 5.11 Å². The molecule has 2 fully saturated rings. The van der Waals surface area contributed by atoms with Gasteiger partial charge in [-0.1, -0.05) is 6.92 Å². The lowest BCUT2D eigenvalue weighted by atomic mass is 10.1. The average Bonchev–Trinajstić information content (AvgIpc) is 3.07. The molecule has 2 rings (SSSR count). The Bertz CT molecular complexity index is 533. The van der Waals surface area contributed by atoms with Gasteiger partial charge in [-0.25, -0.2) is 8.42 Å². The van der Waals surface area contributed by atoms with Crippen LogP contribution in [0, 0.1) is 5.92 Å². The second-order valence-corrected chi connectivity index (χ2v) is 8.18. The molecule has 1 saturated heterocycles. The zero-order valence-electron chi connectivity index (χ0n) is 12.8. The Labute approximate surface area is 131 Å². The second kappa shape index (κ2) is 6.95. The van der Waals surface area contributed by atoms with Crippen molar-refractivity contribution in [1.82, 2.24) is 9.62 Å². The third-order valence-corrected chi connectivity index (χ3v) is 6.53. The van der Waals surface area contributed by atoms with E-state index in [1.54, 1.807) is 6.92 Å². The summed E-state index contributed by atoms with van der Waals surface area (Å²) in [6.07, 6.45) is 3.36. The maximum atomic E-state index is 12.4. The van der Waals surface area contributed by atoms with Gasteiger partial charge in [0, 0.05) is 12.6 Å². The first-order valence-electron chi connectivity index (χ1n) is 7.88. The lowest BCUT2D eigenvalue weighted by molar-refractivity contribution is -0.141. The number of aliphatic carboxylic acids is 1. The summed E-state index contributed by atoms with van der Waals surface area (Å²) in [6.45, 7) is 2.19. The molecule has 1 aliphatic carbocycles. The SMILES string of the molecule is CCCS(=O)(=O)N1CCCC1C(=O)N[C@@H]1CC[C@H](C(=O)O)C1. The van der Waals surface area contributed by atoms with Gasteiger partial charge in [0.05, 0.1) is 11.7 Å². The number of carbonyl (C=O) groups is 2. The minimum absolute atomic E-state index is 0.0568. The van der Waals surface area contributed by atoms with Crippen LogP contribution in [0.5, 0.6) is 0 Å². The predicted molar refractivity (Wildman–Crippen MR) is 80.7 cm³/mol. The molecule has 1 amide bonds. The number of carboxylic acids is 1. The van der Waals surface area contributed by atoms with Crippen LogP contribution >= 0.6 is 0 Å². The van der Waals surface area contributed by atoms with E-state index in [9.17, 15) is 18.0 Å². The number of hydrogen-bond acceptors (Lipinski definition) is 4. The van der Waals surface area contributed by atoms with Gasteiger partial charge in [-0.3, -0.25) is 9.59 Å². The lowest BCUT2D eigenvalue weighted by Gasteiger charge is -2.24. The van der Waals surface area contributed by atoms with Crippen LogP contribution in [0.3, 0.4) is 0 Å². The summed E-state index contributed by atoms with van der Waals surface area (Å²) in [6, 6.07) is -0.801. The molecule has 0 aromatic carbocycles. The first kappa shape index (κ1) is 17.2. The predicted octanol–water partition coefficient (Wildman–Crippen LogP) is 0.560. The van der Waals surface area contributed by atoms with Gasteiger partial charge in [0.25, 0.3) is 0 Å². The van der Waals surface area contributed by atoms with Crippen molar-refractivity contribution in [1.29, 1.82) is 0 Å². The molecule has 126 valence electrons. The van der Waals surface area contributed by atoms with E-state index in [1.165, 1.54) is 4.31 Å². The van der Waals surface area contributed by atoms with Gasteiger partial charge in [-0.15, -0.1) is 0 Å². The topological polar surface area (TPSA) is 104 Å². The molecular weight excluding hydrogens is 308 g/mol. The molecule has 8 heteroatoms. The van der Waals surface area contributed by atoms with Gasteiger partial charge in [-0.05, 0) is 38.5 Å². The maximum Gasteiger partial charge on any atom is 0.306 e. The number of nitrogens with one attached hydrogen (secondary N) is 1. The van der Waals surface area contributed by atoms with E-state index in [0.29, 0.717) is 45.1 Å². The quantitative estimate of drug-likeness (QED) is 0.739. The molecule has 1 heterocycles. The van der Waals surface area contributed by atoms with Gasteiger partial charge in [0.2, 0.25) is 15.9 Å². The minimum Gasteiger partial charge on any atom is -0.481 e. The van der Waals surface area contributed by atoms with E-state index in [2.05, 4.69) is 5.32 Å². The maximum absolute atomic E-state index is 12.4. The van der Waals surface area contributed by atoms with Gasteiger partial charge in [0.15, 0.2) is 0 Å². The summed E-state index contributed by atoms with van der Waals surface area (Å²) < 4.78 is 25.7. The number of sulfonamides is 1. The van der Waals surface area contributed by atoms with E-state index >= 15 is 0 Å². The molecule has 7 nitrogen and oxygen atoms in total. The Morgan fingerprint density at radius 1 is 1.27 bits per heavy atom. The third-order valence-electron chi connectivity index (χ3n) is 4.45. The Hall–Kier alpha value is -1.15. The number of rotatable bonds is 6. The van der Waals surface area contributed by atoms with Crippen molar-refractivity contribution in [3.63, 3.8) is 0 Å². The van der Waals surface area contributed by atoms with Crippen molar-refractivity contribution in [2.75, 3.05) is 12.3 Å². The average molecular weight is 332 g/mol. The molecule has 0 radical (unpaired) electrons. The molecule has 0 spiro atoms. The van der Waals surface area contributed by atoms with Gasteiger partial charge < -0.3 is 10.4 Å². The molecule has 1 aliphatic heterocycles. The summed E-state index contributed by atoms with van der Waals surface area (Å²) >= 11 is 0. The normalized spacial score (nSPS) is 29.6. The van der Waals surface area contributed by atoms with Crippen LogP contribution in [0.25, 0.3) is 0 Å². The second-order valence-electron chi connectivity index (χ2n) is 6.14. The highest BCUT2D eigenvalue weighted by molar-refractivity contribution is 7.89. The standard InChI is InChI=1S/C14H24N2O5S/c1-2-8-22(20,21)16-7-3-4-12(16)13(17)15-11-6-5-10(9-11)14(18)19/h10-12H,2-9H2,1H3,(H,15,17)(H,18,19)/t10-,11+,12?/m0/s1. The Morgan fingerprint density at radius 3 is 2.59 bits per heavy atom. The summed E-state index contributed by atoms with van der Waals surface area (Å²) in [5.74, 6) is -1.46. The summed E-state index contributed by atoms with van der Waals surface area (Å²) in [4.78, 5) is 23.3. The molecule has 0 aromatic heterocycles. The largest absolute Gasteiger partial charge is 0.481 e. The summed E-state index contributed by atoms with van der Waals surface area (Å²) in [5, 5.41) is 11.8. The first-order chi connectivity index (χ1) is 10.3. The molecule has 0 aromatic rings. The number of nitrogens with zero attached hydrogens (tertiary/aromatic N) is 1. The monoisotopic (exact) mass is 332 g/mol. The van der Waals surface area contributed by atoms with Crippen molar-refractivity contribution in [2.45, 2.75) is 57.5 Å². The van der Waals surface area contributed by atoms with E-state index < -0.39 is 28.0 Å². The van der Waals surface area contributed by atoms with Crippen LogP contribution in [0.15, 0.2) is 0 Å². The van der Waals surface area contributed by atoms with Gasteiger partial charge in [-0.2, -0.15) is 4.31 Å². The number of carbonyl (C=O) groups excluding carboxylic acids is 1. The number of carboxylic acid groups (broad SMARTS) is 1. The molecular formula is C14H24N2O5S. The fraction of sp³-hybridized carbons (Fsp3) is 0.857. The third kappa shape index (κ3) is 3.78. The molecule has 3 atom stereocenters. The first-order valence-corrected chi connectivity index (χ1v) is 9.48. The fourth-order valence-electron chi connectivity index (χ4n) is 3.34. The number of hydrogen-bond donors (Lipinski definition) is 2. The fourth-order valence-corrected chi connectivity index (χ4v) is 5.09. The highest BCUT2D eigenvalue weighted by Crippen LogP contribution is 2.27. The minimum atomic E-state index is -3.38. The molecule has 2 aliphatic rings. The van der Waals surface area contributed by atoms with Crippen molar-refractivity contribution >= 4 is 21.9 Å². The zero-order chi connectivity index (χ0) is 16.3. The van der Waals surface area contributed by atoms with E-state index in [-0.39, 0.29) is 17.7 Å². The van der Waals surface area contributed by atoms with Crippen LogP contribution in [0.4, 0.5) is 0 Å². The van der Waals surface area contributed by atoms with Crippen LogP contribution in [-0.2, 0) is 19.6 Å². The van der Waals surface area contributed by atoms with Crippen molar-refractivity contribution in [3.8, 4) is 0 Å². The lowest BCUT2D eigenvalue weighted by Crippen LogP contribution is -2.48. The Balaban J connectivity index is 1.96. The van der Waals surface area contributed by atoms with Crippen LogP contribution in [-0.4, -0.2) is 54.1 Å². The van der Waals surface area contributed by atoms with Crippen molar-refractivity contribution in [3.05, 3.63) is 0 Å². The molecule has 1 saturated carbocycles. The van der Waals surface area contributed by atoms with E-state index in [1.807, 2.05) is 0 Å². The molecule has 0 bridgehead atoms. The zero-order valence-corrected chi connectivity index (χ0v) is 13.6. The molecule has 22 heavy (non-hydrogen) atoms. The summed E-state index contributed by atoms with van der Waals surface area (Å²) in [5.41, 5.74) is 0.